The number of carbonyl (C=O) groups is 1. The predicted octanol–water partition coefficient (Wildman–Crippen LogP) is 3.64. The molecule has 0 atom stereocenters. The lowest BCUT2D eigenvalue weighted by molar-refractivity contribution is -0.121. The Bertz CT molecular complexity index is 666. The molecule has 0 spiro atoms. The fourth-order valence-electron chi connectivity index (χ4n) is 2.42. The second-order valence-corrected chi connectivity index (χ2v) is 6.18. The number of fused-ring (bicyclic) bond motifs is 1. The third kappa shape index (κ3) is 2.78. The third-order valence-electron chi connectivity index (χ3n) is 3.55. The highest BCUT2D eigenvalue weighted by Gasteiger charge is 2.25. The van der Waals surface area contributed by atoms with E-state index in [9.17, 15) is 4.79 Å². The normalized spacial score (nSPS) is 14.0. The van der Waals surface area contributed by atoms with Gasteiger partial charge in [-0.25, -0.2) is 4.98 Å². The van der Waals surface area contributed by atoms with Gasteiger partial charge in [0.05, 0.1) is 16.4 Å². The minimum absolute atomic E-state index is 0.0301. The molecular formula is C16H18N2O2S. The van der Waals surface area contributed by atoms with Crippen LogP contribution in [0.25, 0.3) is 11.3 Å². The van der Waals surface area contributed by atoms with E-state index in [1.54, 1.807) is 11.3 Å². The summed E-state index contributed by atoms with van der Waals surface area (Å²) in [4.78, 5) is 18.5. The molecule has 1 aromatic heterocycles. The fourth-order valence-corrected chi connectivity index (χ4v) is 3.04. The SMILES string of the molecule is CCCCN1C(=O)COc2ccc(-c3csc(C)n3)cc21. The van der Waals surface area contributed by atoms with Gasteiger partial charge >= 0.3 is 0 Å². The van der Waals surface area contributed by atoms with E-state index >= 15 is 0 Å². The molecule has 1 aliphatic heterocycles. The van der Waals surface area contributed by atoms with Crippen LogP contribution in [0, 0.1) is 6.92 Å². The van der Waals surface area contributed by atoms with Crippen molar-refractivity contribution in [3.8, 4) is 17.0 Å². The monoisotopic (exact) mass is 302 g/mol. The van der Waals surface area contributed by atoms with Gasteiger partial charge in [-0.05, 0) is 31.5 Å². The Hall–Kier alpha value is -1.88. The van der Waals surface area contributed by atoms with Gasteiger partial charge in [0, 0.05) is 17.5 Å². The quantitative estimate of drug-likeness (QED) is 0.866. The first-order valence-electron chi connectivity index (χ1n) is 7.18. The molecule has 4 nitrogen and oxygen atoms in total. The highest BCUT2D eigenvalue weighted by Crippen LogP contribution is 2.36. The molecule has 0 saturated heterocycles. The lowest BCUT2D eigenvalue weighted by atomic mass is 10.1. The van der Waals surface area contributed by atoms with Crippen molar-refractivity contribution in [3.05, 3.63) is 28.6 Å². The number of aryl methyl sites for hydroxylation is 1. The number of benzene rings is 1. The molecule has 1 aliphatic rings. The Morgan fingerprint density at radius 3 is 3.00 bits per heavy atom. The molecule has 5 heteroatoms. The largest absolute Gasteiger partial charge is 0.482 e. The van der Waals surface area contributed by atoms with E-state index in [0.29, 0.717) is 0 Å². The van der Waals surface area contributed by atoms with Crippen molar-refractivity contribution in [2.24, 2.45) is 0 Å². The topological polar surface area (TPSA) is 42.4 Å². The predicted molar refractivity (Wildman–Crippen MR) is 85.0 cm³/mol. The van der Waals surface area contributed by atoms with Gasteiger partial charge in [-0.2, -0.15) is 0 Å². The van der Waals surface area contributed by atoms with Gasteiger partial charge < -0.3 is 9.64 Å². The van der Waals surface area contributed by atoms with E-state index in [1.807, 2.05) is 35.4 Å². The van der Waals surface area contributed by atoms with Crippen molar-refractivity contribution >= 4 is 22.9 Å². The standard InChI is InChI=1S/C16H18N2O2S/c1-3-4-7-18-14-8-12(13-10-21-11(2)17-13)5-6-15(14)20-9-16(18)19/h5-6,8,10H,3-4,7,9H2,1-2H3. The molecule has 1 amide bonds. The highest BCUT2D eigenvalue weighted by atomic mass is 32.1. The second kappa shape index (κ2) is 5.85. The van der Waals surface area contributed by atoms with E-state index in [0.717, 1.165) is 47.1 Å². The maximum absolute atomic E-state index is 12.1. The molecule has 0 bridgehead atoms. The van der Waals surface area contributed by atoms with Crippen LogP contribution in [0.2, 0.25) is 0 Å². The molecule has 1 aromatic carbocycles. The van der Waals surface area contributed by atoms with Crippen LogP contribution < -0.4 is 9.64 Å². The van der Waals surface area contributed by atoms with Crippen molar-refractivity contribution in [1.29, 1.82) is 0 Å². The summed E-state index contributed by atoms with van der Waals surface area (Å²) in [5, 5.41) is 3.08. The zero-order valence-corrected chi connectivity index (χ0v) is 13.1. The Balaban J connectivity index is 1.98. The molecular weight excluding hydrogens is 284 g/mol. The van der Waals surface area contributed by atoms with Crippen LogP contribution in [0.15, 0.2) is 23.6 Å². The van der Waals surface area contributed by atoms with Crippen LogP contribution >= 0.6 is 11.3 Å². The van der Waals surface area contributed by atoms with Crippen LogP contribution in [0.4, 0.5) is 5.69 Å². The number of amides is 1. The smallest absolute Gasteiger partial charge is 0.265 e. The van der Waals surface area contributed by atoms with Crippen LogP contribution in [0.5, 0.6) is 5.75 Å². The average Bonchev–Trinajstić information content (AvgIpc) is 2.92. The molecule has 0 unspecified atom stereocenters. The minimum atomic E-state index is 0.0301. The van der Waals surface area contributed by atoms with Gasteiger partial charge in [-0.15, -0.1) is 11.3 Å². The number of aromatic nitrogens is 1. The van der Waals surface area contributed by atoms with Gasteiger partial charge in [0.2, 0.25) is 0 Å². The number of carbonyl (C=O) groups excluding carboxylic acids is 1. The summed E-state index contributed by atoms with van der Waals surface area (Å²) in [5.41, 5.74) is 2.84. The van der Waals surface area contributed by atoms with Gasteiger partial charge in [0.15, 0.2) is 6.61 Å². The summed E-state index contributed by atoms with van der Waals surface area (Å²) >= 11 is 1.63. The van der Waals surface area contributed by atoms with Gasteiger partial charge in [0.1, 0.15) is 5.75 Å². The Morgan fingerprint density at radius 2 is 2.29 bits per heavy atom. The van der Waals surface area contributed by atoms with E-state index < -0.39 is 0 Å². The number of rotatable bonds is 4. The number of hydrogen-bond donors (Lipinski definition) is 0. The first-order valence-corrected chi connectivity index (χ1v) is 8.06. The number of anilines is 1. The minimum Gasteiger partial charge on any atom is -0.482 e. The number of nitrogens with zero attached hydrogens (tertiary/aromatic N) is 2. The van der Waals surface area contributed by atoms with Gasteiger partial charge in [0.25, 0.3) is 5.91 Å². The lowest BCUT2D eigenvalue weighted by Crippen LogP contribution is -2.39. The lowest BCUT2D eigenvalue weighted by Gasteiger charge is -2.29. The van der Waals surface area contributed by atoms with Crippen molar-refractivity contribution < 1.29 is 9.53 Å². The zero-order chi connectivity index (χ0) is 14.8. The Labute approximate surface area is 128 Å². The van der Waals surface area contributed by atoms with Crippen molar-refractivity contribution in [3.63, 3.8) is 0 Å². The van der Waals surface area contributed by atoms with Gasteiger partial charge in [-0.3, -0.25) is 4.79 Å². The summed E-state index contributed by atoms with van der Waals surface area (Å²) < 4.78 is 5.53. The summed E-state index contributed by atoms with van der Waals surface area (Å²) in [6.45, 7) is 4.99. The van der Waals surface area contributed by atoms with Crippen LogP contribution in [0.3, 0.4) is 0 Å². The number of unbranched alkanes of at least 4 members (excludes halogenated alkanes) is 1. The van der Waals surface area contributed by atoms with E-state index in [1.165, 1.54) is 0 Å². The molecule has 3 rings (SSSR count). The molecule has 0 fully saturated rings. The van der Waals surface area contributed by atoms with Crippen molar-refractivity contribution in [2.75, 3.05) is 18.1 Å². The van der Waals surface area contributed by atoms with Crippen LogP contribution in [0.1, 0.15) is 24.8 Å². The summed E-state index contributed by atoms with van der Waals surface area (Å²) in [7, 11) is 0. The zero-order valence-electron chi connectivity index (χ0n) is 12.3. The Morgan fingerprint density at radius 1 is 1.43 bits per heavy atom. The molecule has 0 saturated carbocycles. The number of thiazole rings is 1. The van der Waals surface area contributed by atoms with Crippen LogP contribution in [-0.2, 0) is 4.79 Å². The second-order valence-electron chi connectivity index (χ2n) is 5.12. The molecule has 110 valence electrons. The summed E-state index contributed by atoms with van der Waals surface area (Å²) in [6, 6.07) is 5.95. The first kappa shape index (κ1) is 14.1. The summed E-state index contributed by atoms with van der Waals surface area (Å²) in [6.07, 6.45) is 2.05. The highest BCUT2D eigenvalue weighted by molar-refractivity contribution is 7.09. The molecule has 0 radical (unpaired) electrons. The maximum atomic E-state index is 12.1. The molecule has 0 N–H and O–H groups in total. The average molecular weight is 302 g/mol. The van der Waals surface area contributed by atoms with E-state index in [4.69, 9.17) is 4.74 Å². The van der Waals surface area contributed by atoms with Crippen molar-refractivity contribution in [2.45, 2.75) is 26.7 Å². The number of hydrogen-bond acceptors (Lipinski definition) is 4. The first-order chi connectivity index (χ1) is 10.2. The van der Waals surface area contributed by atoms with Gasteiger partial charge in [-0.1, -0.05) is 13.3 Å². The Kier molecular flexibility index (Phi) is 3.92. The molecule has 2 aromatic rings. The van der Waals surface area contributed by atoms with Crippen molar-refractivity contribution in [1.82, 2.24) is 4.98 Å². The molecule has 0 aliphatic carbocycles. The van der Waals surface area contributed by atoms with E-state index in [-0.39, 0.29) is 12.5 Å². The summed E-state index contributed by atoms with van der Waals surface area (Å²) in [5.74, 6) is 0.809. The fraction of sp³-hybridized carbons (Fsp3) is 0.375. The van der Waals surface area contributed by atoms with E-state index in [2.05, 4.69) is 11.9 Å². The molecule has 2 heterocycles. The van der Waals surface area contributed by atoms with Crippen LogP contribution in [-0.4, -0.2) is 24.0 Å². The molecule has 21 heavy (non-hydrogen) atoms. The third-order valence-corrected chi connectivity index (χ3v) is 4.33. The maximum Gasteiger partial charge on any atom is 0.265 e. The number of ether oxygens (including phenoxy) is 1.